The lowest BCUT2D eigenvalue weighted by molar-refractivity contribution is 0.146. The van der Waals surface area contributed by atoms with E-state index in [1.165, 1.54) is 0 Å². The summed E-state index contributed by atoms with van der Waals surface area (Å²) in [4.78, 5) is 4.25. The SMILES string of the molecule is CN=C(NCc1ccc(OCCOC)cc1)NCc1cccc(OC)c1. The highest BCUT2D eigenvalue weighted by Gasteiger charge is 2.01. The Morgan fingerprint density at radius 2 is 1.62 bits per heavy atom. The maximum atomic E-state index is 5.56. The molecule has 0 heterocycles. The van der Waals surface area contributed by atoms with Gasteiger partial charge >= 0.3 is 0 Å². The third-order valence-corrected chi connectivity index (χ3v) is 3.76. The van der Waals surface area contributed by atoms with Gasteiger partial charge in [-0.3, -0.25) is 4.99 Å². The van der Waals surface area contributed by atoms with Crippen LogP contribution in [0.5, 0.6) is 11.5 Å². The number of hydrogen-bond donors (Lipinski definition) is 2. The third-order valence-electron chi connectivity index (χ3n) is 3.76. The van der Waals surface area contributed by atoms with Gasteiger partial charge in [0.15, 0.2) is 5.96 Å². The van der Waals surface area contributed by atoms with Crippen LogP contribution in [0.3, 0.4) is 0 Å². The number of methoxy groups -OCH3 is 2. The van der Waals surface area contributed by atoms with E-state index in [-0.39, 0.29) is 0 Å². The molecule has 0 saturated carbocycles. The Morgan fingerprint density at radius 3 is 2.27 bits per heavy atom. The van der Waals surface area contributed by atoms with E-state index in [0.29, 0.717) is 26.3 Å². The van der Waals surface area contributed by atoms with Crippen molar-refractivity contribution >= 4 is 5.96 Å². The highest BCUT2D eigenvalue weighted by atomic mass is 16.5. The Kier molecular flexibility index (Phi) is 8.29. The van der Waals surface area contributed by atoms with Gasteiger partial charge in [0, 0.05) is 27.2 Å². The Balaban J connectivity index is 1.79. The molecule has 2 N–H and O–H groups in total. The Bertz CT molecular complexity index is 687. The molecule has 0 amide bonds. The second kappa shape index (κ2) is 11.0. The summed E-state index contributed by atoms with van der Waals surface area (Å²) in [7, 11) is 5.09. The van der Waals surface area contributed by atoms with E-state index < -0.39 is 0 Å². The molecule has 0 fully saturated rings. The molecule has 0 atom stereocenters. The summed E-state index contributed by atoms with van der Waals surface area (Å²) >= 11 is 0. The van der Waals surface area contributed by atoms with Gasteiger partial charge in [-0.15, -0.1) is 0 Å². The van der Waals surface area contributed by atoms with Crippen LogP contribution >= 0.6 is 0 Å². The minimum absolute atomic E-state index is 0.551. The second-order valence-electron chi connectivity index (χ2n) is 5.62. The zero-order chi connectivity index (χ0) is 18.6. The summed E-state index contributed by atoms with van der Waals surface area (Å²) in [6.07, 6.45) is 0. The Hall–Kier alpha value is -2.73. The van der Waals surface area contributed by atoms with Crippen molar-refractivity contribution in [1.82, 2.24) is 10.6 Å². The molecule has 2 aromatic rings. The Labute approximate surface area is 155 Å². The zero-order valence-electron chi connectivity index (χ0n) is 15.6. The molecule has 0 aliphatic heterocycles. The summed E-state index contributed by atoms with van der Waals surface area (Å²) in [6, 6.07) is 15.9. The van der Waals surface area contributed by atoms with Crippen LogP contribution in [0.1, 0.15) is 11.1 Å². The number of nitrogens with one attached hydrogen (secondary N) is 2. The number of hydrogen-bond acceptors (Lipinski definition) is 4. The summed E-state index contributed by atoms with van der Waals surface area (Å²) in [6.45, 7) is 2.48. The van der Waals surface area contributed by atoms with E-state index in [1.807, 2.05) is 48.5 Å². The molecule has 6 heteroatoms. The molecule has 140 valence electrons. The Morgan fingerprint density at radius 1 is 0.885 bits per heavy atom. The van der Waals surface area contributed by atoms with E-state index in [0.717, 1.165) is 28.6 Å². The van der Waals surface area contributed by atoms with Gasteiger partial charge in [-0.2, -0.15) is 0 Å². The normalized spacial score (nSPS) is 11.1. The van der Waals surface area contributed by atoms with Crippen LogP contribution < -0.4 is 20.1 Å². The molecule has 0 unspecified atom stereocenters. The molecule has 0 aliphatic rings. The number of nitrogens with zero attached hydrogens (tertiary/aromatic N) is 1. The van der Waals surface area contributed by atoms with Gasteiger partial charge in [0.25, 0.3) is 0 Å². The lowest BCUT2D eigenvalue weighted by atomic mass is 10.2. The van der Waals surface area contributed by atoms with Crippen LogP contribution in [0.2, 0.25) is 0 Å². The molecular formula is C20H27N3O3. The van der Waals surface area contributed by atoms with Crippen molar-refractivity contribution in [2.45, 2.75) is 13.1 Å². The first-order valence-electron chi connectivity index (χ1n) is 8.53. The van der Waals surface area contributed by atoms with Gasteiger partial charge < -0.3 is 24.8 Å². The quantitative estimate of drug-likeness (QED) is 0.410. The summed E-state index contributed by atoms with van der Waals surface area (Å²) in [5, 5.41) is 6.60. The fourth-order valence-electron chi connectivity index (χ4n) is 2.32. The molecule has 0 spiro atoms. The molecule has 0 aromatic heterocycles. The van der Waals surface area contributed by atoms with Gasteiger partial charge in [-0.1, -0.05) is 24.3 Å². The summed E-state index contributed by atoms with van der Waals surface area (Å²) in [5.74, 6) is 2.43. The van der Waals surface area contributed by atoms with E-state index >= 15 is 0 Å². The lowest BCUT2D eigenvalue weighted by Crippen LogP contribution is -2.36. The average Bonchev–Trinajstić information content (AvgIpc) is 2.69. The third kappa shape index (κ3) is 6.64. The van der Waals surface area contributed by atoms with Crippen LogP contribution in [0.4, 0.5) is 0 Å². The fraction of sp³-hybridized carbons (Fsp3) is 0.350. The molecule has 0 saturated heterocycles. The minimum Gasteiger partial charge on any atom is -0.497 e. The van der Waals surface area contributed by atoms with Crippen LogP contribution in [-0.4, -0.2) is 40.4 Å². The fourth-order valence-corrected chi connectivity index (χ4v) is 2.32. The maximum Gasteiger partial charge on any atom is 0.191 e. The van der Waals surface area contributed by atoms with Crippen LogP contribution in [0, 0.1) is 0 Å². The van der Waals surface area contributed by atoms with Crippen molar-refractivity contribution in [3.05, 3.63) is 59.7 Å². The number of aliphatic imine (C=N–C) groups is 1. The van der Waals surface area contributed by atoms with E-state index in [9.17, 15) is 0 Å². The van der Waals surface area contributed by atoms with Gasteiger partial charge in [0.1, 0.15) is 18.1 Å². The van der Waals surface area contributed by atoms with Crippen molar-refractivity contribution in [1.29, 1.82) is 0 Å². The van der Waals surface area contributed by atoms with E-state index in [4.69, 9.17) is 14.2 Å². The van der Waals surface area contributed by atoms with Gasteiger partial charge in [0.05, 0.1) is 13.7 Å². The number of guanidine groups is 1. The smallest absolute Gasteiger partial charge is 0.191 e. The largest absolute Gasteiger partial charge is 0.497 e. The van der Waals surface area contributed by atoms with Crippen LogP contribution in [-0.2, 0) is 17.8 Å². The molecule has 0 bridgehead atoms. The van der Waals surface area contributed by atoms with Gasteiger partial charge in [-0.05, 0) is 35.4 Å². The molecule has 0 radical (unpaired) electrons. The topological polar surface area (TPSA) is 64.1 Å². The monoisotopic (exact) mass is 357 g/mol. The first-order chi connectivity index (χ1) is 12.7. The number of rotatable bonds is 9. The van der Waals surface area contributed by atoms with Gasteiger partial charge in [-0.25, -0.2) is 0 Å². The van der Waals surface area contributed by atoms with Crippen LogP contribution in [0.15, 0.2) is 53.5 Å². The highest BCUT2D eigenvalue weighted by molar-refractivity contribution is 5.79. The van der Waals surface area contributed by atoms with Crippen LogP contribution in [0.25, 0.3) is 0 Å². The number of benzene rings is 2. The zero-order valence-corrected chi connectivity index (χ0v) is 15.6. The standard InChI is InChI=1S/C20H27N3O3/c1-21-20(23-15-17-5-4-6-19(13-17)25-3)22-14-16-7-9-18(10-8-16)26-12-11-24-2/h4-10,13H,11-12,14-15H2,1-3H3,(H2,21,22,23). The molecule has 2 rings (SSSR count). The molecule has 0 aliphatic carbocycles. The maximum absolute atomic E-state index is 5.56. The number of ether oxygens (including phenoxy) is 3. The van der Waals surface area contributed by atoms with Crippen molar-refractivity contribution in [3.63, 3.8) is 0 Å². The first-order valence-corrected chi connectivity index (χ1v) is 8.53. The summed E-state index contributed by atoms with van der Waals surface area (Å²) in [5.41, 5.74) is 2.28. The van der Waals surface area contributed by atoms with Crippen molar-refractivity contribution in [2.24, 2.45) is 4.99 Å². The molecule has 26 heavy (non-hydrogen) atoms. The van der Waals surface area contributed by atoms with Gasteiger partial charge in [0.2, 0.25) is 0 Å². The molecule has 6 nitrogen and oxygen atoms in total. The average molecular weight is 357 g/mol. The van der Waals surface area contributed by atoms with Crippen molar-refractivity contribution in [3.8, 4) is 11.5 Å². The van der Waals surface area contributed by atoms with Crippen molar-refractivity contribution in [2.75, 3.05) is 34.5 Å². The highest BCUT2D eigenvalue weighted by Crippen LogP contribution is 2.13. The predicted octanol–water partition coefficient (Wildman–Crippen LogP) is 2.59. The lowest BCUT2D eigenvalue weighted by Gasteiger charge is -2.13. The summed E-state index contributed by atoms with van der Waals surface area (Å²) < 4.78 is 15.8. The predicted molar refractivity (Wildman–Crippen MR) is 104 cm³/mol. The first kappa shape index (κ1) is 19.6. The van der Waals surface area contributed by atoms with Crippen molar-refractivity contribution < 1.29 is 14.2 Å². The minimum atomic E-state index is 0.551. The van der Waals surface area contributed by atoms with E-state index in [1.54, 1.807) is 21.3 Å². The van der Waals surface area contributed by atoms with E-state index in [2.05, 4.69) is 15.6 Å². The second-order valence-corrected chi connectivity index (χ2v) is 5.62. The molecular weight excluding hydrogens is 330 g/mol. The molecule has 2 aromatic carbocycles.